The van der Waals surface area contributed by atoms with E-state index in [-0.39, 0.29) is 0 Å². The van der Waals surface area contributed by atoms with Crippen molar-refractivity contribution < 1.29 is 17.2 Å². The van der Waals surface area contributed by atoms with Crippen LogP contribution in [0.1, 0.15) is 33.6 Å². The van der Waals surface area contributed by atoms with E-state index in [9.17, 15) is 8.42 Å². The third kappa shape index (κ3) is 5.20. The van der Waals surface area contributed by atoms with Gasteiger partial charge in [-0.2, -0.15) is 8.42 Å². The van der Waals surface area contributed by atoms with E-state index in [2.05, 4.69) is 4.18 Å². The Morgan fingerprint density at radius 3 is 2.31 bits per heavy atom. The van der Waals surface area contributed by atoms with Crippen molar-refractivity contribution in [2.24, 2.45) is 5.73 Å². The molecule has 3 N–H and O–H groups in total. The maximum absolute atomic E-state index is 10.4. The Balaban J connectivity index is 4.39. The molecule has 13 heavy (non-hydrogen) atoms. The van der Waals surface area contributed by atoms with Gasteiger partial charge in [-0.3, -0.25) is 4.55 Å². The molecular weight excluding hydrogens is 194 g/mol. The van der Waals surface area contributed by atoms with Crippen molar-refractivity contribution in [2.75, 3.05) is 0 Å². The fourth-order valence-corrected chi connectivity index (χ4v) is 1.66. The summed E-state index contributed by atoms with van der Waals surface area (Å²) < 4.78 is 33.8. The first-order valence-corrected chi connectivity index (χ1v) is 5.49. The zero-order chi connectivity index (χ0) is 10.7. The van der Waals surface area contributed by atoms with Crippen molar-refractivity contribution in [3.63, 3.8) is 0 Å². The van der Waals surface area contributed by atoms with Gasteiger partial charge in [-0.1, -0.05) is 13.3 Å². The summed E-state index contributed by atoms with van der Waals surface area (Å²) in [6, 6.07) is -0.417. The molecule has 0 aliphatic rings. The van der Waals surface area contributed by atoms with E-state index in [0.717, 1.165) is 6.42 Å². The largest absolute Gasteiger partial charge is 0.397 e. The quantitative estimate of drug-likeness (QED) is 0.654. The molecule has 0 rings (SSSR count). The maximum Gasteiger partial charge on any atom is 0.397 e. The fraction of sp³-hybridized carbons (Fsp3) is 1.00. The van der Waals surface area contributed by atoms with Crippen LogP contribution in [0.4, 0.5) is 0 Å². The van der Waals surface area contributed by atoms with E-state index in [1.807, 2.05) is 6.92 Å². The molecule has 0 saturated carbocycles. The van der Waals surface area contributed by atoms with E-state index < -0.39 is 22.0 Å². The zero-order valence-corrected chi connectivity index (χ0v) is 8.97. The van der Waals surface area contributed by atoms with Crippen LogP contribution in [0.3, 0.4) is 0 Å². The van der Waals surface area contributed by atoms with Crippen molar-refractivity contribution >= 4 is 10.4 Å². The second-order valence-corrected chi connectivity index (χ2v) is 4.53. The minimum atomic E-state index is -4.43. The lowest BCUT2D eigenvalue weighted by molar-refractivity contribution is 0.0691. The van der Waals surface area contributed by atoms with Gasteiger partial charge in [0.25, 0.3) is 0 Å². The molecule has 6 heteroatoms. The lowest BCUT2D eigenvalue weighted by atomic mass is 9.96. The number of rotatable bonds is 5. The first-order valence-electron chi connectivity index (χ1n) is 4.12. The highest BCUT2D eigenvalue weighted by Crippen LogP contribution is 2.18. The summed E-state index contributed by atoms with van der Waals surface area (Å²) in [5.41, 5.74) is 4.60. The molecular formula is C7H17NO4S. The molecule has 1 atom stereocenters. The highest BCUT2D eigenvalue weighted by Gasteiger charge is 2.31. The first-order chi connectivity index (χ1) is 5.69. The molecule has 0 radical (unpaired) electrons. The van der Waals surface area contributed by atoms with Gasteiger partial charge in [-0.25, -0.2) is 4.18 Å². The second-order valence-electron chi connectivity index (χ2n) is 3.51. The SMILES string of the molecule is CCCC(N)C(C)(C)OS(=O)(=O)O. The average molecular weight is 211 g/mol. The zero-order valence-electron chi connectivity index (χ0n) is 8.15. The molecule has 5 nitrogen and oxygen atoms in total. The normalized spacial score (nSPS) is 15.8. The minimum Gasteiger partial charge on any atom is -0.325 e. The fourth-order valence-electron chi connectivity index (χ4n) is 0.992. The van der Waals surface area contributed by atoms with Crippen molar-refractivity contribution in [3.05, 3.63) is 0 Å². The first kappa shape index (κ1) is 12.8. The standard InChI is InChI=1S/C7H17NO4S/c1-4-5-6(8)7(2,3)12-13(9,10)11/h6H,4-5,8H2,1-3H3,(H,9,10,11). The van der Waals surface area contributed by atoms with Gasteiger partial charge in [-0.05, 0) is 20.3 Å². The molecule has 0 amide bonds. The molecule has 0 heterocycles. The van der Waals surface area contributed by atoms with Crippen LogP contribution >= 0.6 is 0 Å². The monoisotopic (exact) mass is 211 g/mol. The highest BCUT2D eigenvalue weighted by molar-refractivity contribution is 7.80. The maximum atomic E-state index is 10.4. The van der Waals surface area contributed by atoms with E-state index in [0.29, 0.717) is 6.42 Å². The molecule has 0 bridgehead atoms. The van der Waals surface area contributed by atoms with Crippen LogP contribution in [-0.2, 0) is 14.6 Å². The van der Waals surface area contributed by atoms with Gasteiger partial charge in [-0.15, -0.1) is 0 Å². The lowest BCUT2D eigenvalue weighted by Gasteiger charge is -2.29. The second kappa shape index (κ2) is 4.36. The van der Waals surface area contributed by atoms with Crippen molar-refractivity contribution in [3.8, 4) is 0 Å². The van der Waals surface area contributed by atoms with Crippen LogP contribution in [0.5, 0.6) is 0 Å². The molecule has 0 fully saturated rings. The number of nitrogens with two attached hydrogens (primary N) is 1. The van der Waals surface area contributed by atoms with Crippen molar-refractivity contribution in [2.45, 2.75) is 45.3 Å². The molecule has 80 valence electrons. The molecule has 0 aromatic carbocycles. The van der Waals surface area contributed by atoms with Gasteiger partial charge in [0.05, 0.1) is 5.60 Å². The van der Waals surface area contributed by atoms with E-state index in [4.69, 9.17) is 10.3 Å². The van der Waals surface area contributed by atoms with Crippen LogP contribution in [-0.4, -0.2) is 24.6 Å². The molecule has 0 saturated heterocycles. The average Bonchev–Trinajstić information content (AvgIpc) is 1.82. The van der Waals surface area contributed by atoms with Crippen LogP contribution in [0.2, 0.25) is 0 Å². The predicted octanol–water partition coefficient (Wildman–Crippen LogP) is 0.712. The predicted molar refractivity (Wildman–Crippen MR) is 49.6 cm³/mol. The summed E-state index contributed by atoms with van der Waals surface area (Å²) in [4.78, 5) is 0. The molecule has 0 aromatic rings. The molecule has 0 aliphatic carbocycles. The van der Waals surface area contributed by atoms with E-state index in [1.165, 1.54) is 13.8 Å². The van der Waals surface area contributed by atoms with E-state index in [1.54, 1.807) is 0 Å². The van der Waals surface area contributed by atoms with Gasteiger partial charge in [0.15, 0.2) is 0 Å². The summed E-state index contributed by atoms with van der Waals surface area (Å²) in [6.45, 7) is 4.99. The Morgan fingerprint density at radius 2 is 2.00 bits per heavy atom. The smallest absolute Gasteiger partial charge is 0.325 e. The van der Waals surface area contributed by atoms with Crippen molar-refractivity contribution in [1.29, 1.82) is 0 Å². The summed E-state index contributed by atoms with van der Waals surface area (Å²) in [5.74, 6) is 0. The Bertz CT molecular complexity index is 247. The molecule has 0 aliphatic heterocycles. The number of hydrogen-bond donors (Lipinski definition) is 2. The third-order valence-corrected chi connectivity index (χ3v) is 2.45. The topological polar surface area (TPSA) is 89.6 Å². The summed E-state index contributed by atoms with van der Waals surface area (Å²) >= 11 is 0. The summed E-state index contributed by atoms with van der Waals surface area (Å²) in [7, 11) is -4.43. The summed E-state index contributed by atoms with van der Waals surface area (Å²) in [5, 5.41) is 0. The minimum absolute atomic E-state index is 0.417. The molecule has 0 spiro atoms. The van der Waals surface area contributed by atoms with Gasteiger partial charge in [0, 0.05) is 6.04 Å². The van der Waals surface area contributed by atoms with E-state index >= 15 is 0 Å². The van der Waals surface area contributed by atoms with Crippen LogP contribution < -0.4 is 5.73 Å². The van der Waals surface area contributed by atoms with Gasteiger partial charge in [0.2, 0.25) is 0 Å². The Hall–Kier alpha value is -0.170. The Morgan fingerprint density at radius 1 is 1.54 bits per heavy atom. The highest BCUT2D eigenvalue weighted by atomic mass is 32.3. The lowest BCUT2D eigenvalue weighted by Crippen LogP contribution is -2.46. The van der Waals surface area contributed by atoms with Gasteiger partial charge < -0.3 is 5.73 Å². The Kier molecular flexibility index (Phi) is 4.31. The summed E-state index contributed by atoms with van der Waals surface area (Å²) in [6.07, 6.45) is 1.47. The van der Waals surface area contributed by atoms with Crippen LogP contribution in [0.15, 0.2) is 0 Å². The third-order valence-electron chi connectivity index (χ3n) is 1.81. The molecule has 0 aromatic heterocycles. The Labute approximate surface area is 79.2 Å². The van der Waals surface area contributed by atoms with Gasteiger partial charge >= 0.3 is 10.4 Å². The van der Waals surface area contributed by atoms with Crippen LogP contribution in [0.25, 0.3) is 0 Å². The van der Waals surface area contributed by atoms with Crippen LogP contribution in [0, 0.1) is 0 Å². The van der Waals surface area contributed by atoms with Gasteiger partial charge in [0.1, 0.15) is 0 Å². The number of hydrogen-bond acceptors (Lipinski definition) is 4. The molecule has 1 unspecified atom stereocenters. The van der Waals surface area contributed by atoms with Crippen molar-refractivity contribution in [1.82, 2.24) is 0 Å².